The van der Waals surface area contributed by atoms with Crippen LogP contribution in [0.1, 0.15) is 23.5 Å². The molecule has 0 bridgehead atoms. The molecule has 0 radical (unpaired) electrons. The Morgan fingerprint density at radius 2 is 1.78 bits per heavy atom. The largest absolute Gasteiger partial charge is 0.587 e. The number of aromatic nitrogens is 2. The zero-order valence-electron chi connectivity index (χ0n) is 19.5. The Morgan fingerprint density at radius 1 is 1.00 bits per heavy atom. The molecule has 0 N–H and O–H groups in total. The highest BCUT2D eigenvalue weighted by molar-refractivity contribution is 9.10. The number of nitrogens with zero attached hydrogens (tertiary/aromatic N) is 2. The molecule has 186 valence electrons. The molecular weight excluding hydrogens is 558 g/mol. The number of rotatable bonds is 6. The minimum atomic E-state index is -2.59. The molecule has 5 aromatic rings. The maximum Gasteiger partial charge on any atom is 0.263 e. The van der Waals surface area contributed by atoms with Crippen LogP contribution in [-0.2, 0) is 16.1 Å². The van der Waals surface area contributed by atoms with Crippen molar-refractivity contribution in [3.05, 3.63) is 107 Å². The number of halogens is 3. The van der Waals surface area contributed by atoms with E-state index in [4.69, 9.17) is 4.74 Å². The summed E-state index contributed by atoms with van der Waals surface area (Å²) in [5, 5.41) is 0.864. The Hall–Kier alpha value is -3.04. The number of alkyl halides is 2. The SMILES string of the molecule is [O-][S+](c1ccc(C(F)F)cc1)n1c(-c2cccc(Br)c2)c(-c2ccccc2C2COC2)c2cnccc21. The first kappa shape index (κ1) is 24.3. The van der Waals surface area contributed by atoms with Crippen LogP contribution in [-0.4, -0.2) is 26.7 Å². The van der Waals surface area contributed by atoms with E-state index < -0.39 is 17.8 Å². The van der Waals surface area contributed by atoms with Gasteiger partial charge in [0.1, 0.15) is 22.6 Å². The van der Waals surface area contributed by atoms with Gasteiger partial charge in [-0.25, -0.2) is 8.78 Å². The lowest BCUT2D eigenvalue weighted by Gasteiger charge is -2.28. The molecule has 1 saturated heterocycles. The first-order valence-corrected chi connectivity index (χ1v) is 13.6. The number of fused-ring (bicyclic) bond motifs is 1. The lowest BCUT2D eigenvalue weighted by atomic mass is 9.87. The smallest absolute Gasteiger partial charge is 0.263 e. The van der Waals surface area contributed by atoms with Gasteiger partial charge in [0.15, 0.2) is 4.90 Å². The molecule has 4 nitrogen and oxygen atoms in total. The van der Waals surface area contributed by atoms with E-state index >= 15 is 0 Å². The average Bonchev–Trinajstić information content (AvgIpc) is 3.23. The minimum Gasteiger partial charge on any atom is -0.587 e. The summed E-state index contributed by atoms with van der Waals surface area (Å²) in [6, 6.07) is 23.6. The molecule has 3 heterocycles. The van der Waals surface area contributed by atoms with Gasteiger partial charge in [0.2, 0.25) is 0 Å². The number of pyridine rings is 1. The van der Waals surface area contributed by atoms with Gasteiger partial charge in [0, 0.05) is 44.9 Å². The van der Waals surface area contributed by atoms with Crippen molar-refractivity contribution in [3.8, 4) is 22.4 Å². The molecule has 8 heteroatoms. The van der Waals surface area contributed by atoms with Crippen LogP contribution in [0.3, 0.4) is 0 Å². The maximum absolute atomic E-state index is 14.2. The van der Waals surface area contributed by atoms with Crippen LogP contribution in [0.4, 0.5) is 8.78 Å². The molecule has 0 amide bonds. The Labute approximate surface area is 224 Å². The van der Waals surface area contributed by atoms with Gasteiger partial charge in [0.25, 0.3) is 6.43 Å². The van der Waals surface area contributed by atoms with Gasteiger partial charge in [-0.3, -0.25) is 4.98 Å². The molecule has 3 aromatic carbocycles. The number of hydrogen-bond donors (Lipinski definition) is 0. The monoisotopic (exact) mass is 578 g/mol. The zero-order valence-corrected chi connectivity index (χ0v) is 21.9. The van der Waals surface area contributed by atoms with Gasteiger partial charge < -0.3 is 9.29 Å². The Morgan fingerprint density at radius 3 is 2.49 bits per heavy atom. The second-order valence-corrected chi connectivity index (χ2v) is 11.1. The molecule has 1 aliphatic rings. The molecule has 1 unspecified atom stereocenters. The first-order valence-electron chi connectivity index (χ1n) is 11.7. The third-order valence-corrected chi connectivity index (χ3v) is 8.51. The molecule has 1 aliphatic heterocycles. The summed E-state index contributed by atoms with van der Waals surface area (Å²) in [5.41, 5.74) is 5.42. The molecule has 1 fully saturated rings. The maximum atomic E-state index is 14.2. The van der Waals surface area contributed by atoms with Crippen LogP contribution in [0.25, 0.3) is 33.3 Å². The topological polar surface area (TPSA) is 50.1 Å². The van der Waals surface area contributed by atoms with Crippen molar-refractivity contribution in [2.75, 3.05) is 13.2 Å². The number of benzene rings is 3. The standard InChI is InChI=1S/C29H21BrF2N2O2S/c30-21-5-3-4-19(14-21)28-27(24-7-2-1-6-23(24)20-16-36-17-20)25-15-33-13-12-26(25)34(28)37(35)22-10-8-18(9-11-22)29(31)32/h1-15,20,29H,16-17H2. The molecular formula is C29H21BrF2N2O2S. The number of hydrogen-bond acceptors (Lipinski definition) is 3. The minimum absolute atomic E-state index is 0.105. The average molecular weight is 579 g/mol. The van der Waals surface area contributed by atoms with Crippen LogP contribution < -0.4 is 0 Å². The predicted octanol–water partition coefficient (Wildman–Crippen LogP) is 7.76. The second-order valence-electron chi connectivity index (χ2n) is 8.86. The zero-order chi connectivity index (χ0) is 25.5. The van der Waals surface area contributed by atoms with Crippen molar-refractivity contribution in [1.82, 2.24) is 8.96 Å². The fraction of sp³-hybridized carbons (Fsp3) is 0.138. The summed E-state index contributed by atoms with van der Waals surface area (Å²) in [4.78, 5) is 4.84. The van der Waals surface area contributed by atoms with Crippen LogP contribution >= 0.6 is 15.9 Å². The highest BCUT2D eigenvalue weighted by Gasteiger charge is 2.31. The van der Waals surface area contributed by atoms with E-state index in [1.807, 2.05) is 42.5 Å². The van der Waals surface area contributed by atoms with Crippen LogP contribution in [0.5, 0.6) is 0 Å². The van der Waals surface area contributed by atoms with Gasteiger partial charge in [0.05, 0.1) is 13.2 Å². The Kier molecular flexibility index (Phi) is 6.58. The third kappa shape index (κ3) is 4.38. The highest BCUT2D eigenvalue weighted by Crippen LogP contribution is 2.46. The summed E-state index contributed by atoms with van der Waals surface area (Å²) >= 11 is 1.87. The lowest BCUT2D eigenvalue weighted by Crippen LogP contribution is -2.25. The lowest BCUT2D eigenvalue weighted by molar-refractivity contribution is 0.00864. The van der Waals surface area contributed by atoms with E-state index in [-0.39, 0.29) is 11.5 Å². The Bertz CT molecular complexity index is 1590. The van der Waals surface area contributed by atoms with Gasteiger partial charge >= 0.3 is 0 Å². The van der Waals surface area contributed by atoms with Crippen molar-refractivity contribution in [2.45, 2.75) is 17.2 Å². The fourth-order valence-electron chi connectivity index (χ4n) is 4.78. The van der Waals surface area contributed by atoms with E-state index in [9.17, 15) is 13.3 Å². The summed E-state index contributed by atoms with van der Waals surface area (Å²) in [6.45, 7) is 1.31. The molecule has 37 heavy (non-hydrogen) atoms. The molecule has 2 aromatic heterocycles. The molecule has 0 aliphatic carbocycles. The van der Waals surface area contributed by atoms with Gasteiger partial charge in [-0.15, -0.1) is 0 Å². The third-order valence-electron chi connectivity index (χ3n) is 6.63. The van der Waals surface area contributed by atoms with Crippen molar-refractivity contribution >= 4 is 38.2 Å². The summed E-state index contributed by atoms with van der Waals surface area (Å²) in [6.07, 6.45) is 0.890. The molecule has 0 spiro atoms. The van der Waals surface area contributed by atoms with Crippen molar-refractivity contribution in [3.63, 3.8) is 0 Å². The highest BCUT2D eigenvalue weighted by atomic mass is 79.9. The Balaban J connectivity index is 1.66. The normalized spacial score (nSPS) is 14.7. The first-order chi connectivity index (χ1) is 18.0. The van der Waals surface area contributed by atoms with E-state index in [0.29, 0.717) is 18.1 Å². The second kappa shape index (κ2) is 10.0. The van der Waals surface area contributed by atoms with Gasteiger partial charge in [-0.2, -0.15) is 3.97 Å². The fourth-order valence-corrected chi connectivity index (χ4v) is 6.46. The quantitative estimate of drug-likeness (QED) is 0.193. The van der Waals surface area contributed by atoms with E-state index in [0.717, 1.165) is 37.8 Å². The van der Waals surface area contributed by atoms with Crippen LogP contribution in [0, 0.1) is 0 Å². The number of ether oxygens (including phenoxy) is 1. The van der Waals surface area contributed by atoms with Crippen molar-refractivity contribution in [1.29, 1.82) is 0 Å². The van der Waals surface area contributed by atoms with E-state index in [2.05, 4.69) is 33.0 Å². The predicted molar refractivity (Wildman–Crippen MR) is 145 cm³/mol. The van der Waals surface area contributed by atoms with Gasteiger partial charge in [-0.1, -0.05) is 52.3 Å². The van der Waals surface area contributed by atoms with Crippen LogP contribution in [0.15, 0.2) is 101 Å². The van der Waals surface area contributed by atoms with Crippen LogP contribution in [0.2, 0.25) is 0 Å². The molecule has 1 atom stereocenters. The summed E-state index contributed by atoms with van der Waals surface area (Å²) < 4.78 is 48.7. The van der Waals surface area contributed by atoms with E-state index in [1.165, 1.54) is 29.8 Å². The summed E-state index contributed by atoms with van der Waals surface area (Å²) in [7, 11) is 0. The van der Waals surface area contributed by atoms with E-state index in [1.54, 1.807) is 16.4 Å². The van der Waals surface area contributed by atoms with Crippen molar-refractivity contribution < 1.29 is 18.1 Å². The van der Waals surface area contributed by atoms with Gasteiger partial charge in [-0.05, 0) is 53.6 Å². The molecule has 0 saturated carbocycles. The molecule has 6 rings (SSSR count). The summed E-state index contributed by atoms with van der Waals surface area (Å²) in [5.74, 6) is 0.272. The van der Waals surface area contributed by atoms with Crippen molar-refractivity contribution in [2.24, 2.45) is 0 Å².